The fourth-order valence-corrected chi connectivity index (χ4v) is 2.13. The van der Waals surface area contributed by atoms with Crippen LogP contribution in [0.2, 0.25) is 0 Å². The molecule has 2 rings (SSSR count). The Kier molecular flexibility index (Phi) is 3.44. The predicted molar refractivity (Wildman–Crippen MR) is 68.0 cm³/mol. The maximum atomic E-state index is 4.55. The summed E-state index contributed by atoms with van der Waals surface area (Å²) in [5.41, 5.74) is 1.31. The Bertz CT molecular complexity index is 332. The predicted octanol–water partition coefficient (Wildman–Crippen LogP) is 2.00. The Morgan fingerprint density at radius 2 is 2.25 bits per heavy atom. The van der Waals surface area contributed by atoms with Crippen LogP contribution in [-0.2, 0) is 0 Å². The lowest BCUT2D eigenvalue weighted by Crippen LogP contribution is -2.29. The number of hydrogen-bond donors (Lipinski definition) is 1. The lowest BCUT2D eigenvalue weighted by atomic mass is 10.1. The zero-order valence-electron chi connectivity index (χ0n) is 10.4. The molecule has 2 heterocycles. The van der Waals surface area contributed by atoms with E-state index in [1.165, 1.54) is 12.0 Å². The summed E-state index contributed by atoms with van der Waals surface area (Å²) < 4.78 is 0. The summed E-state index contributed by atoms with van der Waals surface area (Å²) in [6, 6.07) is 4.96. The highest BCUT2D eigenvalue weighted by molar-refractivity contribution is 5.41. The minimum Gasteiger partial charge on any atom is -0.355 e. The maximum absolute atomic E-state index is 4.55. The molecule has 1 atom stereocenters. The molecule has 1 N–H and O–H groups in total. The van der Waals surface area contributed by atoms with Crippen molar-refractivity contribution in [1.29, 1.82) is 0 Å². The molecule has 1 saturated heterocycles. The Morgan fingerprint density at radius 3 is 2.75 bits per heavy atom. The van der Waals surface area contributed by atoms with Crippen molar-refractivity contribution in [3.8, 4) is 0 Å². The van der Waals surface area contributed by atoms with Gasteiger partial charge in [0.1, 0.15) is 5.82 Å². The summed E-state index contributed by atoms with van der Waals surface area (Å²) in [7, 11) is 2.03. The van der Waals surface area contributed by atoms with Crippen molar-refractivity contribution in [2.75, 3.05) is 25.0 Å². The first-order valence-electron chi connectivity index (χ1n) is 6.09. The van der Waals surface area contributed by atoms with Crippen molar-refractivity contribution in [2.45, 2.75) is 32.2 Å². The summed E-state index contributed by atoms with van der Waals surface area (Å²) in [5.74, 6) is 1.67. The molecule has 1 aliphatic heterocycles. The van der Waals surface area contributed by atoms with Crippen LogP contribution in [0, 0.1) is 0 Å². The van der Waals surface area contributed by atoms with Crippen LogP contribution in [0.1, 0.15) is 31.7 Å². The summed E-state index contributed by atoms with van der Waals surface area (Å²) >= 11 is 0. The van der Waals surface area contributed by atoms with E-state index in [4.69, 9.17) is 0 Å². The normalized spacial score (nSPS) is 20.8. The summed E-state index contributed by atoms with van der Waals surface area (Å²) in [4.78, 5) is 6.90. The molecule has 3 nitrogen and oxygen atoms in total. The molecule has 0 radical (unpaired) electrons. The molecule has 16 heavy (non-hydrogen) atoms. The molecular formula is C13H21N3. The third-order valence-corrected chi connectivity index (χ3v) is 3.36. The standard InChI is InChI=1S/C13H21N3/c1-10(2)11-4-5-13(15-8-11)16-7-6-12(9-16)14-3/h4-5,8,10,12,14H,6-7,9H2,1-3H3. The van der Waals surface area contributed by atoms with Crippen molar-refractivity contribution in [3.63, 3.8) is 0 Å². The van der Waals surface area contributed by atoms with Gasteiger partial charge in [-0.15, -0.1) is 0 Å². The van der Waals surface area contributed by atoms with E-state index in [2.05, 4.69) is 41.2 Å². The minimum atomic E-state index is 0.560. The van der Waals surface area contributed by atoms with E-state index in [0.717, 1.165) is 18.9 Å². The SMILES string of the molecule is CNC1CCN(c2ccc(C(C)C)cn2)C1. The van der Waals surface area contributed by atoms with Gasteiger partial charge in [-0.1, -0.05) is 19.9 Å². The molecule has 0 aliphatic carbocycles. The third kappa shape index (κ3) is 2.35. The van der Waals surface area contributed by atoms with Crippen LogP contribution < -0.4 is 10.2 Å². The molecule has 0 saturated carbocycles. The van der Waals surface area contributed by atoms with Gasteiger partial charge in [-0.05, 0) is 31.0 Å². The molecule has 0 spiro atoms. The zero-order valence-corrected chi connectivity index (χ0v) is 10.4. The largest absolute Gasteiger partial charge is 0.355 e. The van der Waals surface area contributed by atoms with Gasteiger partial charge in [0, 0.05) is 25.3 Å². The molecule has 88 valence electrons. The minimum absolute atomic E-state index is 0.560. The molecule has 1 aliphatic rings. The van der Waals surface area contributed by atoms with E-state index in [1.54, 1.807) is 0 Å². The van der Waals surface area contributed by atoms with E-state index in [9.17, 15) is 0 Å². The monoisotopic (exact) mass is 219 g/mol. The average Bonchev–Trinajstić information content (AvgIpc) is 2.77. The van der Waals surface area contributed by atoms with Crippen molar-refractivity contribution < 1.29 is 0 Å². The Morgan fingerprint density at radius 1 is 1.44 bits per heavy atom. The van der Waals surface area contributed by atoms with Crippen LogP contribution in [0.5, 0.6) is 0 Å². The Balaban J connectivity index is 2.05. The highest BCUT2D eigenvalue weighted by Crippen LogP contribution is 2.20. The molecule has 1 unspecified atom stereocenters. The molecule has 1 fully saturated rings. The first kappa shape index (κ1) is 11.4. The van der Waals surface area contributed by atoms with Crippen LogP contribution in [0.4, 0.5) is 5.82 Å². The highest BCUT2D eigenvalue weighted by Gasteiger charge is 2.21. The highest BCUT2D eigenvalue weighted by atomic mass is 15.2. The topological polar surface area (TPSA) is 28.2 Å². The second-order valence-electron chi connectivity index (χ2n) is 4.82. The van der Waals surface area contributed by atoms with Crippen molar-refractivity contribution in [2.24, 2.45) is 0 Å². The number of aromatic nitrogens is 1. The Labute approximate surface area is 97.9 Å². The second-order valence-corrected chi connectivity index (χ2v) is 4.82. The second kappa shape index (κ2) is 4.83. The van der Waals surface area contributed by atoms with Crippen molar-refractivity contribution in [3.05, 3.63) is 23.9 Å². The molecule has 3 heteroatoms. The van der Waals surface area contributed by atoms with Crippen LogP contribution in [0.3, 0.4) is 0 Å². The van der Waals surface area contributed by atoms with Gasteiger partial charge in [-0.3, -0.25) is 0 Å². The van der Waals surface area contributed by atoms with Crippen LogP contribution in [0.15, 0.2) is 18.3 Å². The number of likely N-dealkylation sites (N-methyl/N-ethyl adjacent to an activating group) is 1. The number of rotatable bonds is 3. The van der Waals surface area contributed by atoms with E-state index < -0.39 is 0 Å². The molecule has 1 aromatic heterocycles. The summed E-state index contributed by atoms with van der Waals surface area (Å²) in [6.45, 7) is 6.58. The van der Waals surface area contributed by atoms with E-state index >= 15 is 0 Å². The number of nitrogens with zero attached hydrogens (tertiary/aromatic N) is 2. The van der Waals surface area contributed by atoms with E-state index in [-0.39, 0.29) is 0 Å². The maximum Gasteiger partial charge on any atom is 0.128 e. The van der Waals surface area contributed by atoms with Gasteiger partial charge in [0.15, 0.2) is 0 Å². The van der Waals surface area contributed by atoms with Gasteiger partial charge >= 0.3 is 0 Å². The van der Waals surface area contributed by atoms with E-state index in [0.29, 0.717) is 12.0 Å². The fraction of sp³-hybridized carbons (Fsp3) is 0.615. The number of nitrogens with one attached hydrogen (secondary N) is 1. The zero-order chi connectivity index (χ0) is 11.5. The summed E-state index contributed by atoms with van der Waals surface area (Å²) in [6.07, 6.45) is 3.22. The lowest BCUT2D eigenvalue weighted by Gasteiger charge is -2.18. The van der Waals surface area contributed by atoms with Gasteiger partial charge in [-0.25, -0.2) is 4.98 Å². The quantitative estimate of drug-likeness (QED) is 0.843. The van der Waals surface area contributed by atoms with Crippen molar-refractivity contribution in [1.82, 2.24) is 10.3 Å². The van der Waals surface area contributed by atoms with E-state index in [1.807, 2.05) is 13.2 Å². The molecule has 0 bridgehead atoms. The number of hydrogen-bond acceptors (Lipinski definition) is 3. The molecule has 1 aromatic rings. The third-order valence-electron chi connectivity index (χ3n) is 3.36. The van der Waals surface area contributed by atoms with Gasteiger partial charge < -0.3 is 10.2 Å². The molecule has 0 aromatic carbocycles. The van der Waals surface area contributed by atoms with Crippen LogP contribution in [0.25, 0.3) is 0 Å². The summed E-state index contributed by atoms with van der Waals surface area (Å²) in [5, 5.41) is 3.32. The van der Waals surface area contributed by atoms with Crippen molar-refractivity contribution >= 4 is 5.82 Å². The van der Waals surface area contributed by atoms with Crippen LogP contribution in [-0.4, -0.2) is 31.2 Å². The lowest BCUT2D eigenvalue weighted by molar-refractivity contribution is 0.616. The van der Waals surface area contributed by atoms with Gasteiger partial charge in [0.25, 0.3) is 0 Å². The van der Waals surface area contributed by atoms with Crippen LogP contribution >= 0.6 is 0 Å². The molecule has 0 amide bonds. The first-order chi connectivity index (χ1) is 7.70. The number of pyridine rings is 1. The molecular weight excluding hydrogens is 198 g/mol. The average molecular weight is 219 g/mol. The van der Waals surface area contributed by atoms with Gasteiger partial charge in [-0.2, -0.15) is 0 Å². The number of anilines is 1. The Hall–Kier alpha value is -1.09. The van der Waals surface area contributed by atoms with Gasteiger partial charge in [0.05, 0.1) is 0 Å². The first-order valence-corrected chi connectivity index (χ1v) is 6.09. The van der Waals surface area contributed by atoms with Gasteiger partial charge in [0.2, 0.25) is 0 Å². The smallest absolute Gasteiger partial charge is 0.128 e. The fourth-order valence-electron chi connectivity index (χ4n) is 2.13.